The van der Waals surface area contributed by atoms with E-state index in [9.17, 15) is 9.59 Å². The fraction of sp³-hybridized carbons (Fsp3) is 0.857. The summed E-state index contributed by atoms with van der Waals surface area (Å²) in [5, 5.41) is 9.10. The SMILES string of the molecule is C.CC(C)CC([NH3+])C(=O)CC(CCCC[NH3+])C(=O)O. The summed E-state index contributed by atoms with van der Waals surface area (Å²) in [4.78, 5) is 23.0. The first-order valence-corrected chi connectivity index (χ1v) is 6.76. The van der Waals surface area contributed by atoms with Crippen molar-refractivity contribution in [3.63, 3.8) is 0 Å². The van der Waals surface area contributed by atoms with Gasteiger partial charge in [-0.25, -0.2) is 0 Å². The number of carbonyl (C=O) groups is 2. The molecule has 5 nitrogen and oxygen atoms in total. The van der Waals surface area contributed by atoms with Gasteiger partial charge in [-0.1, -0.05) is 21.3 Å². The van der Waals surface area contributed by atoms with Crippen LogP contribution in [-0.2, 0) is 9.59 Å². The maximum Gasteiger partial charge on any atom is 0.306 e. The van der Waals surface area contributed by atoms with Crippen LogP contribution in [0.3, 0.4) is 0 Å². The molecule has 0 aliphatic carbocycles. The minimum atomic E-state index is -0.871. The van der Waals surface area contributed by atoms with Crippen LogP contribution in [0.5, 0.6) is 0 Å². The van der Waals surface area contributed by atoms with Crippen molar-refractivity contribution in [2.75, 3.05) is 6.54 Å². The van der Waals surface area contributed by atoms with Crippen LogP contribution in [0.1, 0.15) is 53.4 Å². The molecule has 0 amide bonds. The second-order valence-corrected chi connectivity index (χ2v) is 5.38. The minimum absolute atomic E-state index is 0. The summed E-state index contributed by atoms with van der Waals surface area (Å²) < 4.78 is 0. The first kappa shape index (κ1) is 20.4. The number of hydrogen-bond donors (Lipinski definition) is 3. The Balaban J connectivity index is 0. The number of carbonyl (C=O) groups excluding carboxylic acids is 1. The molecule has 19 heavy (non-hydrogen) atoms. The Morgan fingerprint density at radius 1 is 1.21 bits per heavy atom. The number of carboxylic acid groups (broad SMARTS) is 1. The zero-order chi connectivity index (χ0) is 14.1. The molecule has 0 heterocycles. The number of hydrogen-bond acceptors (Lipinski definition) is 2. The maximum atomic E-state index is 11.9. The second-order valence-electron chi connectivity index (χ2n) is 5.38. The van der Waals surface area contributed by atoms with Gasteiger partial charge < -0.3 is 16.6 Å². The molecule has 0 bridgehead atoms. The Labute approximate surface area is 116 Å². The molecule has 0 aromatic carbocycles. The van der Waals surface area contributed by atoms with E-state index in [-0.39, 0.29) is 25.7 Å². The monoisotopic (exact) mass is 276 g/mol. The summed E-state index contributed by atoms with van der Waals surface area (Å²) in [6.07, 6.45) is 3.14. The molecule has 0 aromatic rings. The van der Waals surface area contributed by atoms with Crippen molar-refractivity contribution in [1.82, 2.24) is 0 Å². The molecular weight excluding hydrogens is 244 g/mol. The number of ketones is 1. The highest BCUT2D eigenvalue weighted by molar-refractivity contribution is 5.86. The molecule has 2 unspecified atom stereocenters. The van der Waals surface area contributed by atoms with Gasteiger partial charge in [-0.15, -0.1) is 0 Å². The predicted molar refractivity (Wildman–Crippen MR) is 75.2 cm³/mol. The van der Waals surface area contributed by atoms with Crippen LogP contribution in [0.15, 0.2) is 0 Å². The zero-order valence-electron chi connectivity index (χ0n) is 11.7. The summed E-state index contributed by atoms with van der Waals surface area (Å²) in [6.45, 7) is 4.88. The molecule has 114 valence electrons. The third-order valence-corrected chi connectivity index (χ3v) is 3.06. The molecule has 7 N–H and O–H groups in total. The van der Waals surface area contributed by atoms with E-state index in [4.69, 9.17) is 5.11 Å². The van der Waals surface area contributed by atoms with Crippen LogP contribution >= 0.6 is 0 Å². The fourth-order valence-electron chi connectivity index (χ4n) is 1.99. The van der Waals surface area contributed by atoms with Gasteiger partial charge >= 0.3 is 5.97 Å². The first-order chi connectivity index (χ1) is 8.38. The van der Waals surface area contributed by atoms with Crippen molar-refractivity contribution in [1.29, 1.82) is 0 Å². The van der Waals surface area contributed by atoms with E-state index in [1.54, 1.807) is 0 Å². The molecule has 0 saturated carbocycles. The van der Waals surface area contributed by atoms with Gasteiger partial charge in [0.25, 0.3) is 0 Å². The number of quaternary nitrogens is 2. The van der Waals surface area contributed by atoms with E-state index in [0.717, 1.165) is 25.8 Å². The molecule has 0 aliphatic rings. The highest BCUT2D eigenvalue weighted by atomic mass is 16.4. The third kappa shape index (κ3) is 9.62. The smallest absolute Gasteiger partial charge is 0.306 e. The molecule has 0 spiro atoms. The van der Waals surface area contributed by atoms with E-state index >= 15 is 0 Å². The molecule has 0 saturated heterocycles. The van der Waals surface area contributed by atoms with Gasteiger partial charge in [0, 0.05) is 12.8 Å². The zero-order valence-corrected chi connectivity index (χ0v) is 11.7. The quantitative estimate of drug-likeness (QED) is 0.501. The lowest BCUT2D eigenvalue weighted by molar-refractivity contribution is -0.406. The van der Waals surface area contributed by atoms with Crippen molar-refractivity contribution in [2.24, 2.45) is 11.8 Å². The Morgan fingerprint density at radius 2 is 1.79 bits per heavy atom. The topological polar surface area (TPSA) is 110 Å². The molecular formula is C14H32N2O3+2. The lowest BCUT2D eigenvalue weighted by atomic mass is 9.91. The van der Waals surface area contributed by atoms with Gasteiger partial charge in [0.2, 0.25) is 0 Å². The largest absolute Gasteiger partial charge is 0.481 e. The van der Waals surface area contributed by atoms with E-state index in [1.165, 1.54) is 0 Å². The third-order valence-electron chi connectivity index (χ3n) is 3.06. The van der Waals surface area contributed by atoms with Crippen LogP contribution in [0.25, 0.3) is 0 Å². The van der Waals surface area contributed by atoms with Gasteiger partial charge in [-0.3, -0.25) is 9.59 Å². The standard InChI is InChI=1S/C13H26N2O3.CH4/c1-9(2)7-11(15)12(16)8-10(13(17)18)5-3-4-6-14;/h9-11H,3-8,14-15H2,1-2H3,(H,17,18);1H4/p+2. The lowest BCUT2D eigenvalue weighted by Crippen LogP contribution is -2.65. The van der Waals surface area contributed by atoms with Crippen molar-refractivity contribution in [2.45, 2.75) is 59.4 Å². The summed E-state index contributed by atoms with van der Waals surface area (Å²) in [7, 11) is 0. The van der Waals surface area contributed by atoms with E-state index < -0.39 is 11.9 Å². The Hall–Kier alpha value is -0.940. The lowest BCUT2D eigenvalue weighted by Gasteiger charge is -2.14. The van der Waals surface area contributed by atoms with Crippen molar-refractivity contribution >= 4 is 11.8 Å². The highest BCUT2D eigenvalue weighted by Crippen LogP contribution is 2.15. The number of rotatable bonds is 10. The number of unbranched alkanes of at least 4 members (excludes halogenated alkanes) is 1. The highest BCUT2D eigenvalue weighted by Gasteiger charge is 2.26. The van der Waals surface area contributed by atoms with Crippen LogP contribution in [0.2, 0.25) is 0 Å². The molecule has 0 rings (SSSR count). The summed E-state index contributed by atoms with van der Waals surface area (Å²) in [6, 6.07) is -0.278. The summed E-state index contributed by atoms with van der Waals surface area (Å²) >= 11 is 0. The van der Waals surface area contributed by atoms with E-state index in [1.807, 2.05) is 13.8 Å². The van der Waals surface area contributed by atoms with Gasteiger partial charge in [0.1, 0.15) is 6.04 Å². The molecule has 0 radical (unpaired) electrons. The van der Waals surface area contributed by atoms with Gasteiger partial charge in [0.15, 0.2) is 5.78 Å². The van der Waals surface area contributed by atoms with Gasteiger partial charge in [0.05, 0.1) is 12.5 Å². The first-order valence-electron chi connectivity index (χ1n) is 6.76. The molecule has 0 aromatic heterocycles. The average Bonchev–Trinajstić information content (AvgIpc) is 2.26. The second kappa shape index (κ2) is 10.9. The van der Waals surface area contributed by atoms with E-state index in [2.05, 4.69) is 11.5 Å². The fourth-order valence-corrected chi connectivity index (χ4v) is 1.99. The summed E-state index contributed by atoms with van der Waals surface area (Å²) in [5.41, 5.74) is 7.56. The van der Waals surface area contributed by atoms with Crippen LogP contribution in [-0.4, -0.2) is 29.4 Å². The Bertz CT molecular complexity index is 267. The maximum absolute atomic E-state index is 11.9. The number of carboxylic acids is 1. The van der Waals surface area contributed by atoms with Crippen LogP contribution in [0, 0.1) is 11.8 Å². The number of Topliss-reactive ketones (excluding diaryl/α,β-unsaturated/α-hetero) is 1. The van der Waals surface area contributed by atoms with Crippen LogP contribution < -0.4 is 11.5 Å². The Morgan fingerprint density at radius 3 is 2.21 bits per heavy atom. The van der Waals surface area contributed by atoms with Crippen LogP contribution in [0.4, 0.5) is 0 Å². The van der Waals surface area contributed by atoms with Gasteiger partial charge in [-0.05, 0) is 25.2 Å². The van der Waals surface area contributed by atoms with Crippen molar-refractivity contribution < 1.29 is 26.2 Å². The number of aliphatic carboxylic acids is 1. The van der Waals surface area contributed by atoms with Crippen molar-refractivity contribution in [3.05, 3.63) is 0 Å². The average molecular weight is 276 g/mol. The molecule has 0 fully saturated rings. The Kier molecular flexibility index (Phi) is 11.7. The summed E-state index contributed by atoms with van der Waals surface area (Å²) in [5.74, 6) is -1.04. The molecule has 2 atom stereocenters. The van der Waals surface area contributed by atoms with E-state index in [0.29, 0.717) is 12.3 Å². The minimum Gasteiger partial charge on any atom is -0.481 e. The van der Waals surface area contributed by atoms with Gasteiger partial charge in [-0.2, -0.15) is 0 Å². The van der Waals surface area contributed by atoms with Crippen molar-refractivity contribution in [3.8, 4) is 0 Å². The normalized spacial score (nSPS) is 13.7. The molecule has 0 aliphatic heterocycles. The predicted octanol–water partition coefficient (Wildman–Crippen LogP) is 0.351. The molecule has 5 heteroatoms.